The maximum atomic E-state index is 6.00. The zero-order chi connectivity index (χ0) is 12.5. The van der Waals surface area contributed by atoms with Gasteiger partial charge in [-0.05, 0) is 44.7 Å². The number of aryl methyl sites for hydroxylation is 1. The summed E-state index contributed by atoms with van der Waals surface area (Å²) in [6.45, 7) is 7.78. The predicted octanol–water partition coefficient (Wildman–Crippen LogP) is 3.08. The van der Waals surface area contributed by atoms with Gasteiger partial charge in [0.05, 0.1) is 6.61 Å². The molecule has 1 saturated carbocycles. The van der Waals surface area contributed by atoms with Gasteiger partial charge in [-0.1, -0.05) is 18.6 Å². The van der Waals surface area contributed by atoms with E-state index in [-0.39, 0.29) is 5.41 Å². The first-order valence-electron chi connectivity index (χ1n) is 6.58. The van der Waals surface area contributed by atoms with Crippen LogP contribution in [-0.4, -0.2) is 13.2 Å². The average molecular weight is 233 g/mol. The van der Waals surface area contributed by atoms with Crippen molar-refractivity contribution in [3.8, 4) is 5.75 Å². The Hall–Kier alpha value is -1.02. The van der Waals surface area contributed by atoms with Crippen molar-refractivity contribution in [2.24, 2.45) is 5.73 Å². The standard InChI is InChI=1S/C15H23NO/c1-4-17-14-12(3)11(2)6-7-13(14)15(10-16)8-5-9-15/h6-7H,4-5,8-10,16H2,1-3H3. The largest absolute Gasteiger partial charge is 0.493 e. The van der Waals surface area contributed by atoms with Gasteiger partial charge in [-0.25, -0.2) is 0 Å². The third kappa shape index (κ3) is 1.95. The molecule has 0 bridgehead atoms. The second kappa shape index (κ2) is 4.69. The number of hydrogen-bond acceptors (Lipinski definition) is 2. The Morgan fingerprint density at radius 1 is 1.29 bits per heavy atom. The van der Waals surface area contributed by atoms with E-state index >= 15 is 0 Å². The minimum Gasteiger partial charge on any atom is -0.493 e. The number of rotatable bonds is 4. The van der Waals surface area contributed by atoms with E-state index in [2.05, 4.69) is 26.0 Å². The fourth-order valence-electron chi connectivity index (χ4n) is 2.73. The molecule has 2 N–H and O–H groups in total. The first-order chi connectivity index (χ1) is 8.14. The molecule has 0 aromatic heterocycles. The Morgan fingerprint density at radius 2 is 2.00 bits per heavy atom. The summed E-state index contributed by atoms with van der Waals surface area (Å²) in [5.41, 5.74) is 10.1. The van der Waals surface area contributed by atoms with Crippen LogP contribution in [0.25, 0.3) is 0 Å². The molecule has 0 aliphatic heterocycles. The highest BCUT2D eigenvalue weighted by Crippen LogP contribution is 2.47. The second-order valence-corrected chi connectivity index (χ2v) is 5.16. The molecule has 0 heterocycles. The maximum absolute atomic E-state index is 6.00. The third-order valence-corrected chi connectivity index (χ3v) is 4.24. The lowest BCUT2D eigenvalue weighted by Gasteiger charge is -2.42. The van der Waals surface area contributed by atoms with E-state index in [1.165, 1.54) is 36.0 Å². The molecule has 0 unspecified atom stereocenters. The summed E-state index contributed by atoms with van der Waals surface area (Å²) in [6.07, 6.45) is 3.69. The van der Waals surface area contributed by atoms with E-state index in [4.69, 9.17) is 10.5 Å². The highest BCUT2D eigenvalue weighted by atomic mass is 16.5. The van der Waals surface area contributed by atoms with Crippen LogP contribution in [0.4, 0.5) is 0 Å². The van der Waals surface area contributed by atoms with Crippen molar-refractivity contribution in [1.82, 2.24) is 0 Å². The van der Waals surface area contributed by atoms with Crippen LogP contribution in [-0.2, 0) is 5.41 Å². The average Bonchev–Trinajstić information content (AvgIpc) is 2.27. The molecule has 0 radical (unpaired) electrons. The molecular formula is C15H23NO. The lowest BCUT2D eigenvalue weighted by molar-refractivity contribution is 0.237. The number of ether oxygens (including phenoxy) is 1. The highest BCUT2D eigenvalue weighted by molar-refractivity contribution is 5.50. The highest BCUT2D eigenvalue weighted by Gasteiger charge is 2.39. The van der Waals surface area contributed by atoms with Crippen molar-refractivity contribution in [1.29, 1.82) is 0 Å². The fraction of sp³-hybridized carbons (Fsp3) is 0.600. The fourth-order valence-corrected chi connectivity index (χ4v) is 2.73. The molecule has 1 aromatic rings. The molecule has 2 nitrogen and oxygen atoms in total. The van der Waals surface area contributed by atoms with Gasteiger partial charge >= 0.3 is 0 Å². The Morgan fingerprint density at radius 3 is 2.47 bits per heavy atom. The first-order valence-corrected chi connectivity index (χ1v) is 6.58. The first kappa shape index (κ1) is 12.4. The lowest BCUT2D eigenvalue weighted by atomic mass is 9.64. The normalized spacial score (nSPS) is 17.6. The van der Waals surface area contributed by atoms with Crippen LogP contribution in [0.1, 0.15) is 42.9 Å². The molecular weight excluding hydrogens is 210 g/mol. The van der Waals surface area contributed by atoms with Gasteiger partial charge in [-0.15, -0.1) is 0 Å². The number of benzene rings is 1. The minimum atomic E-state index is 0.183. The van der Waals surface area contributed by atoms with E-state index < -0.39 is 0 Å². The summed E-state index contributed by atoms with van der Waals surface area (Å²) >= 11 is 0. The van der Waals surface area contributed by atoms with Crippen molar-refractivity contribution in [3.05, 3.63) is 28.8 Å². The zero-order valence-corrected chi connectivity index (χ0v) is 11.2. The molecule has 1 aliphatic rings. The second-order valence-electron chi connectivity index (χ2n) is 5.16. The lowest BCUT2D eigenvalue weighted by Crippen LogP contribution is -2.42. The van der Waals surface area contributed by atoms with Crippen LogP contribution < -0.4 is 10.5 Å². The molecule has 0 spiro atoms. The van der Waals surface area contributed by atoms with Crippen LogP contribution in [0.5, 0.6) is 5.75 Å². The van der Waals surface area contributed by atoms with E-state index in [0.717, 1.165) is 18.9 Å². The third-order valence-electron chi connectivity index (χ3n) is 4.24. The van der Waals surface area contributed by atoms with E-state index in [0.29, 0.717) is 0 Å². The molecule has 2 rings (SSSR count). The summed E-state index contributed by atoms with van der Waals surface area (Å²) in [4.78, 5) is 0. The molecule has 1 fully saturated rings. The van der Waals surface area contributed by atoms with Crippen molar-refractivity contribution in [2.45, 2.75) is 45.4 Å². The molecule has 0 amide bonds. The molecule has 0 saturated heterocycles. The number of hydrogen-bond donors (Lipinski definition) is 1. The summed E-state index contributed by atoms with van der Waals surface area (Å²) < 4.78 is 5.88. The summed E-state index contributed by atoms with van der Waals surface area (Å²) in [7, 11) is 0. The Balaban J connectivity index is 2.49. The van der Waals surface area contributed by atoms with Crippen molar-refractivity contribution >= 4 is 0 Å². The van der Waals surface area contributed by atoms with E-state index in [1.54, 1.807) is 0 Å². The van der Waals surface area contributed by atoms with Gasteiger partial charge in [-0.2, -0.15) is 0 Å². The van der Waals surface area contributed by atoms with E-state index in [1.807, 2.05) is 6.92 Å². The van der Waals surface area contributed by atoms with Crippen molar-refractivity contribution in [3.63, 3.8) is 0 Å². The SMILES string of the molecule is CCOc1c(C2(CN)CCC2)ccc(C)c1C. The zero-order valence-electron chi connectivity index (χ0n) is 11.2. The summed E-state index contributed by atoms with van der Waals surface area (Å²) in [5.74, 6) is 1.08. The van der Waals surface area contributed by atoms with Gasteiger partial charge < -0.3 is 10.5 Å². The maximum Gasteiger partial charge on any atom is 0.126 e. The molecule has 2 heteroatoms. The van der Waals surface area contributed by atoms with Gasteiger partial charge in [0, 0.05) is 17.5 Å². The van der Waals surface area contributed by atoms with Crippen LogP contribution in [0.15, 0.2) is 12.1 Å². The quantitative estimate of drug-likeness (QED) is 0.867. The van der Waals surface area contributed by atoms with E-state index in [9.17, 15) is 0 Å². The number of nitrogens with two attached hydrogens (primary N) is 1. The Labute approximate surface area is 104 Å². The predicted molar refractivity (Wildman–Crippen MR) is 71.7 cm³/mol. The van der Waals surface area contributed by atoms with Gasteiger partial charge in [0.2, 0.25) is 0 Å². The van der Waals surface area contributed by atoms with Gasteiger partial charge in [-0.3, -0.25) is 0 Å². The Kier molecular flexibility index (Phi) is 3.43. The van der Waals surface area contributed by atoms with Gasteiger partial charge in [0.1, 0.15) is 5.75 Å². The molecule has 1 aromatic carbocycles. The summed E-state index contributed by atoms with van der Waals surface area (Å²) in [6, 6.07) is 4.42. The van der Waals surface area contributed by atoms with Crippen LogP contribution in [0, 0.1) is 13.8 Å². The summed E-state index contributed by atoms with van der Waals surface area (Å²) in [5, 5.41) is 0. The molecule has 17 heavy (non-hydrogen) atoms. The molecule has 0 atom stereocenters. The molecule has 1 aliphatic carbocycles. The van der Waals surface area contributed by atoms with Gasteiger partial charge in [0.25, 0.3) is 0 Å². The topological polar surface area (TPSA) is 35.2 Å². The Bertz CT molecular complexity index is 402. The van der Waals surface area contributed by atoms with Crippen molar-refractivity contribution < 1.29 is 4.74 Å². The van der Waals surface area contributed by atoms with Gasteiger partial charge in [0.15, 0.2) is 0 Å². The van der Waals surface area contributed by atoms with Crippen LogP contribution >= 0.6 is 0 Å². The monoisotopic (exact) mass is 233 g/mol. The van der Waals surface area contributed by atoms with Crippen molar-refractivity contribution in [2.75, 3.05) is 13.2 Å². The van der Waals surface area contributed by atoms with Crippen LogP contribution in [0.2, 0.25) is 0 Å². The minimum absolute atomic E-state index is 0.183. The van der Waals surface area contributed by atoms with Crippen LogP contribution in [0.3, 0.4) is 0 Å². The smallest absolute Gasteiger partial charge is 0.126 e. The molecule has 94 valence electrons.